The number of aliphatic hydroxyl groups excluding tert-OH is 4. The Labute approximate surface area is 112 Å². The summed E-state index contributed by atoms with van der Waals surface area (Å²) < 4.78 is 6.07. The van der Waals surface area contributed by atoms with Crippen LogP contribution in [0.2, 0.25) is 0 Å². The van der Waals surface area contributed by atoms with E-state index in [1.165, 1.54) is 0 Å². The van der Waals surface area contributed by atoms with Crippen molar-refractivity contribution in [2.24, 2.45) is 5.73 Å². The Morgan fingerprint density at radius 1 is 1.35 bits per heavy atom. The molecule has 0 spiro atoms. The smallest absolute Gasteiger partial charge is 0.272 e. The highest BCUT2D eigenvalue weighted by Gasteiger charge is 2.45. The van der Waals surface area contributed by atoms with Gasteiger partial charge in [-0.25, -0.2) is 4.98 Å². The van der Waals surface area contributed by atoms with Crippen molar-refractivity contribution in [3.05, 3.63) is 12.0 Å². The number of hydrogen-bond donors (Lipinski definition) is 6. The van der Waals surface area contributed by atoms with E-state index in [0.717, 1.165) is 10.9 Å². The number of aromatic hydroxyl groups is 1. The highest BCUT2D eigenvalue weighted by molar-refractivity contribution is 5.92. The van der Waals surface area contributed by atoms with E-state index in [2.05, 4.69) is 4.98 Å². The van der Waals surface area contributed by atoms with Gasteiger partial charge in [-0.3, -0.25) is 9.36 Å². The second kappa shape index (κ2) is 5.34. The van der Waals surface area contributed by atoms with Gasteiger partial charge in [-0.1, -0.05) is 0 Å². The van der Waals surface area contributed by atoms with Crippen LogP contribution >= 0.6 is 0 Å². The number of carbonyl (C=O) groups excluding carboxylic acids is 1. The number of amides is 1. The van der Waals surface area contributed by atoms with E-state index in [0.29, 0.717) is 0 Å². The van der Waals surface area contributed by atoms with E-state index in [9.17, 15) is 25.2 Å². The first-order chi connectivity index (χ1) is 9.38. The van der Waals surface area contributed by atoms with Crippen LogP contribution in [0.4, 0.5) is 0 Å². The molecule has 0 bridgehead atoms. The fourth-order valence-corrected chi connectivity index (χ4v) is 2.03. The molecule has 7 N–H and O–H groups in total. The van der Waals surface area contributed by atoms with Crippen molar-refractivity contribution in [2.45, 2.75) is 30.6 Å². The quantitative estimate of drug-likeness (QED) is 0.335. The summed E-state index contributed by atoms with van der Waals surface area (Å²) >= 11 is 0. The Balaban J connectivity index is 2.34. The van der Waals surface area contributed by atoms with E-state index >= 15 is 0 Å². The number of primary amides is 1. The Kier molecular flexibility index (Phi) is 3.92. The van der Waals surface area contributed by atoms with Crippen molar-refractivity contribution < 1.29 is 35.1 Å². The predicted molar refractivity (Wildman–Crippen MR) is 61.4 cm³/mol. The molecule has 0 aromatic carbocycles. The average molecular weight is 289 g/mol. The minimum Gasteiger partial charge on any atom is -0.493 e. The topological polar surface area (TPSA) is 171 Å². The lowest BCUT2D eigenvalue weighted by atomic mass is 9.98. The standard InChI is InChI=1S/C10H15N3O7/c11-8(18)4-9(19)13(2-12-4)10-7(17)6(16)5(15)3(1-14)20-10/h2-3,5-7,10,14-17,19H,1H2,(H2,11,18)/t3-,5-,6+,7-,10-/m1/s1. The number of rotatable bonds is 3. The SMILES string of the molecule is NC(=O)c1ncn([C@@H]2O[C@H](CO)[C@@H](O)[C@H](O)[C@H]2O)c1O. The van der Waals surface area contributed by atoms with Gasteiger partial charge in [-0.15, -0.1) is 0 Å². The zero-order valence-electron chi connectivity index (χ0n) is 10.2. The zero-order valence-corrected chi connectivity index (χ0v) is 10.2. The molecule has 112 valence electrons. The lowest BCUT2D eigenvalue weighted by Crippen LogP contribution is -2.56. The second-order valence-corrected chi connectivity index (χ2v) is 4.41. The van der Waals surface area contributed by atoms with Gasteiger partial charge in [-0.05, 0) is 0 Å². The maximum atomic E-state index is 11.0. The molecule has 10 nitrogen and oxygen atoms in total. The molecule has 0 radical (unpaired) electrons. The third-order valence-corrected chi connectivity index (χ3v) is 3.14. The minimum atomic E-state index is -1.61. The maximum absolute atomic E-state index is 11.0. The van der Waals surface area contributed by atoms with Gasteiger partial charge in [-0.2, -0.15) is 0 Å². The average Bonchev–Trinajstić information content (AvgIpc) is 2.78. The fraction of sp³-hybridized carbons (Fsp3) is 0.600. The van der Waals surface area contributed by atoms with Gasteiger partial charge in [0, 0.05) is 0 Å². The Morgan fingerprint density at radius 3 is 2.50 bits per heavy atom. The first kappa shape index (κ1) is 14.7. The third kappa shape index (κ3) is 2.23. The monoisotopic (exact) mass is 289 g/mol. The van der Waals surface area contributed by atoms with Crippen molar-refractivity contribution >= 4 is 5.91 Å². The number of imidazole rings is 1. The summed E-state index contributed by atoms with van der Waals surface area (Å²) in [4.78, 5) is 14.6. The van der Waals surface area contributed by atoms with E-state index in [1.807, 2.05) is 0 Å². The number of aliphatic hydroxyl groups is 4. The molecule has 2 heterocycles. The molecular formula is C10H15N3O7. The molecule has 20 heavy (non-hydrogen) atoms. The summed E-state index contributed by atoms with van der Waals surface area (Å²) in [6.45, 7) is -0.612. The molecule has 0 saturated carbocycles. The number of nitrogens with two attached hydrogens (primary N) is 1. The minimum absolute atomic E-state index is 0.429. The normalized spacial score (nSPS) is 34.1. The molecule has 1 aromatic rings. The first-order valence-electron chi connectivity index (χ1n) is 5.74. The van der Waals surface area contributed by atoms with Crippen LogP contribution in [0.1, 0.15) is 16.7 Å². The van der Waals surface area contributed by atoms with Crippen LogP contribution in [0.15, 0.2) is 6.33 Å². The van der Waals surface area contributed by atoms with Crippen LogP contribution in [0, 0.1) is 0 Å². The van der Waals surface area contributed by atoms with Crippen molar-refractivity contribution in [2.75, 3.05) is 6.61 Å². The molecule has 10 heteroatoms. The molecule has 1 amide bonds. The van der Waals surface area contributed by atoms with Crippen molar-refractivity contribution in [1.29, 1.82) is 0 Å². The molecule has 1 aliphatic heterocycles. The van der Waals surface area contributed by atoms with Crippen LogP contribution in [-0.2, 0) is 4.74 Å². The third-order valence-electron chi connectivity index (χ3n) is 3.14. The van der Waals surface area contributed by atoms with Crippen LogP contribution < -0.4 is 5.73 Å². The summed E-state index contributed by atoms with van der Waals surface area (Å²) in [7, 11) is 0. The molecule has 1 aliphatic rings. The Bertz CT molecular complexity index is 503. The summed E-state index contributed by atoms with van der Waals surface area (Å²) in [5, 5.41) is 48.0. The number of nitrogens with zero attached hydrogens (tertiary/aromatic N) is 2. The Hall–Kier alpha value is -1.72. The van der Waals surface area contributed by atoms with Crippen LogP contribution in [-0.4, -0.2) is 72.0 Å². The summed E-state index contributed by atoms with van der Waals surface area (Å²) in [6, 6.07) is 0. The lowest BCUT2D eigenvalue weighted by molar-refractivity contribution is -0.252. The van der Waals surface area contributed by atoms with E-state index in [-0.39, 0.29) is 0 Å². The molecule has 1 saturated heterocycles. The number of carbonyl (C=O) groups is 1. The molecule has 2 rings (SSSR count). The van der Waals surface area contributed by atoms with Crippen molar-refractivity contribution in [3.63, 3.8) is 0 Å². The van der Waals surface area contributed by atoms with E-state index in [4.69, 9.17) is 15.6 Å². The number of ether oxygens (including phenoxy) is 1. The van der Waals surface area contributed by atoms with Gasteiger partial charge in [0.05, 0.1) is 6.61 Å². The fourth-order valence-electron chi connectivity index (χ4n) is 2.03. The van der Waals surface area contributed by atoms with Gasteiger partial charge in [0.1, 0.15) is 30.7 Å². The van der Waals surface area contributed by atoms with Gasteiger partial charge in [0.25, 0.3) is 5.91 Å². The predicted octanol–water partition coefficient (Wildman–Crippen LogP) is -3.34. The summed E-state index contributed by atoms with van der Waals surface area (Å²) in [5.41, 5.74) is 4.56. The number of aromatic nitrogens is 2. The van der Waals surface area contributed by atoms with Crippen LogP contribution in [0.25, 0.3) is 0 Å². The van der Waals surface area contributed by atoms with Crippen LogP contribution in [0.3, 0.4) is 0 Å². The molecular weight excluding hydrogens is 274 g/mol. The largest absolute Gasteiger partial charge is 0.493 e. The molecule has 0 aliphatic carbocycles. The van der Waals surface area contributed by atoms with Crippen LogP contribution in [0.5, 0.6) is 5.88 Å². The molecule has 1 aromatic heterocycles. The highest BCUT2D eigenvalue weighted by Crippen LogP contribution is 2.31. The molecule has 1 fully saturated rings. The van der Waals surface area contributed by atoms with Crippen molar-refractivity contribution in [1.82, 2.24) is 9.55 Å². The summed E-state index contributed by atoms with van der Waals surface area (Å²) in [6.07, 6.45) is -6.23. The van der Waals surface area contributed by atoms with Gasteiger partial charge in [0.15, 0.2) is 11.9 Å². The Morgan fingerprint density at radius 2 is 2.00 bits per heavy atom. The zero-order chi connectivity index (χ0) is 15.0. The van der Waals surface area contributed by atoms with Gasteiger partial charge < -0.3 is 36.0 Å². The summed E-state index contributed by atoms with van der Waals surface area (Å²) in [5.74, 6) is -1.63. The maximum Gasteiger partial charge on any atom is 0.272 e. The molecule has 0 unspecified atom stereocenters. The van der Waals surface area contributed by atoms with E-state index < -0.39 is 54.7 Å². The van der Waals surface area contributed by atoms with Gasteiger partial charge >= 0.3 is 0 Å². The second-order valence-electron chi connectivity index (χ2n) is 4.41. The van der Waals surface area contributed by atoms with Gasteiger partial charge in [0.2, 0.25) is 5.88 Å². The molecule has 5 atom stereocenters. The first-order valence-corrected chi connectivity index (χ1v) is 5.74. The highest BCUT2D eigenvalue weighted by atomic mass is 16.6. The van der Waals surface area contributed by atoms with E-state index in [1.54, 1.807) is 0 Å². The van der Waals surface area contributed by atoms with Crippen molar-refractivity contribution in [3.8, 4) is 5.88 Å². The number of hydrogen-bond acceptors (Lipinski definition) is 8. The lowest BCUT2D eigenvalue weighted by Gasteiger charge is -2.40.